The van der Waals surface area contributed by atoms with Gasteiger partial charge >= 0.3 is 0 Å². The molecule has 0 aromatic heterocycles. The van der Waals surface area contributed by atoms with Gasteiger partial charge in [-0.05, 0) is 47.5 Å². The van der Waals surface area contributed by atoms with E-state index in [-0.39, 0.29) is 0 Å². The van der Waals surface area contributed by atoms with Crippen LogP contribution >= 0.6 is 0 Å². The zero-order valence-corrected chi connectivity index (χ0v) is 14.2. The highest BCUT2D eigenvalue weighted by atomic mass is 16.5. The van der Waals surface area contributed by atoms with Crippen LogP contribution in [-0.4, -0.2) is 39.4 Å². The molecule has 0 heterocycles. The van der Waals surface area contributed by atoms with Gasteiger partial charge in [0, 0.05) is 6.42 Å². The van der Waals surface area contributed by atoms with E-state index in [4.69, 9.17) is 18.9 Å². The normalized spacial score (nSPS) is 11.1. The number of hydrogen-bond acceptors (Lipinski definition) is 6. The van der Waals surface area contributed by atoms with Gasteiger partial charge in [-0.3, -0.25) is 0 Å². The minimum absolute atomic E-state index is 0.402. The quantitative estimate of drug-likeness (QED) is 0.479. The lowest BCUT2D eigenvalue weighted by Crippen LogP contribution is -2.06. The molecule has 0 fully saturated rings. The van der Waals surface area contributed by atoms with Crippen molar-refractivity contribution < 1.29 is 24.2 Å². The van der Waals surface area contributed by atoms with Crippen LogP contribution in [0.2, 0.25) is 0 Å². The number of oxime groups is 1. The third-order valence-corrected chi connectivity index (χ3v) is 3.64. The number of ether oxygens (including phenoxy) is 4. The molecule has 2 aromatic carbocycles. The first-order valence-corrected chi connectivity index (χ1v) is 7.31. The summed E-state index contributed by atoms with van der Waals surface area (Å²) in [6, 6.07) is 11.0. The molecule has 0 aliphatic rings. The zero-order valence-electron chi connectivity index (χ0n) is 14.2. The molecule has 128 valence electrons. The lowest BCUT2D eigenvalue weighted by molar-refractivity contribution is 0.318. The van der Waals surface area contributed by atoms with Gasteiger partial charge in [-0.15, -0.1) is 0 Å². The van der Waals surface area contributed by atoms with Crippen molar-refractivity contribution in [3.63, 3.8) is 0 Å². The van der Waals surface area contributed by atoms with Crippen molar-refractivity contribution in [2.45, 2.75) is 6.42 Å². The fraction of sp³-hybridized carbons (Fsp3) is 0.278. The smallest absolute Gasteiger partial charge is 0.203 e. The molecule has 2 aromatic rings. The Morgan fingerprint density at radius 3 is 1.88 bits per heavy atom. The second kappa shape index (κ2) is 8.10. The largest absolute Gasteiger partial charge is 0.497 e. The van der Waals surface area contributed by atoms with E-state index in [1.54, 1.807) is 28.4 Å². The number of benzene rings is 2. The van der Waals surface area contributed by atoms with E-state index >= 15 is 0 Å². The highest BCUT2D eigenvalue weighted by Gasteiger charge is 2.15. The second-order valence-electron chi connectivity index (χ2n) is 4.99. The van der Waals surface area contributed by atoms with Crippen molar-refractivity contribution >= 4 is 5.71 Å². The molecule has 0 aliphatic heterocycles. The number of methoxy groups -OCH3 is 4. The van der Waals surface area contributed by atoms with E-state index in [1.807, 2.05) is 36.4 Å². The van der Waals surface area contributed by atoms with Crippen molar-refractivity contribution in [1.82, 2.24) is 0 Å². The Labute approximate surface area is 141 Å². The number of rotatable bonds is 7. The Morgan fingerprint density at radius 1 is 0.875 bits per heavy atom. The summed E-state index contributed by atoms with van der Waals surface area (Å²) in [6.45, 7) is 0. The second-order valence-corrected chi connectivity index (χ2v) is 4.99. The minimum Gasteiger partial charge on any atom is -0.497 e. The van der Waals surface area contributed by atoms with Crippen molar-refractivity contribution in [2.24, 2.45) is 5.16 Å². The molecule has 0 aliphatic carbocycles. The summed E-state index contributed by atoms with van der Waals surface area (Å²) in [5.41, 5.74) is 2.19. The molecule has 0 spiro atoms. The summed E-state index contributed by atoms with van der Waals surface area (Å²) < 4.78 is 21.1. The Balaban J connectivity index is 2.33. The first-order chi connectivity index (χ1) is 11.7. The maximum absolute atomic E-state index is 9.39. The molecule has 0 saturated carbocycles. The van der Waals surface area contributed by atoms with Crippen LogP contribution in [-0.2, 0) is 6.42 Å². The summed E-state index contributed by atoms with van der Waals surface area (Å²) in [5.74, 6) is 2.37. The molecule has 6 nitrogen and oxygen atoms in total. The Bertz CT molecular complexity index is 685. The SMILES string of the molecule is COc1ccc(C(Cc2cc(OC)c(OC)c(OC)c2)=NO)cc1. The summed E-state index contributed by atoms with van der Waals surface area (Å²) in [7, 11) is 6.28. The fourth-order valence-corrected chi connectivity index (χ4v) is 2.41. The third-order valence-electron chi connectivity index (χ3n) is 3.64. The predicted octanol–water partition coefficient (Wildman–Crippen LogP) is 3.14. The van der Waals surface area contributed by atoms with Gasteiger partial charge in [-0.25, -0.2) is 0 Å². The topological polar surface area (TPSA) is 69.5 Å². The molecule has 0 bridgehead atoms. The van der Waals surface area contributed by atoms with E-state index in [2.05, 4.69) is 5.16 Å². The van der Waals surface area contributed by atoms with E-state index in [1.165, 1.54) is 0 Å². The number of hydrogen-bond donors (Lipinski definition) is 1. The summed E-state index contributed by atoms with van der Waals surface area (Å²) in [4.78, 5) is 0. The van der Waals surface area contributed by atoms with Crippen LogP contribution < -0.4 is 18.9 Å². The maximum atomic E-state index is 9.39. The molecular formula is C18H21NO5. The van der Waals surface area contributed by atoms with Crippen LogP contribution in [0.3, 0.4) is 0 Å². The van der Waals surface area contributed by atoms with Crippen molar-refractivity contribution in [3.8, 4) is 23.0 Å². The first-order valence-electron chi connectivity index (χ1n) is 7.31. The summed E-state index contributed by atoms with van der Waals surface area (Å²) in [5, 5.41) is 12.8. The lowest BCUT2D eigenvalue weighted by atomic mass is 10.0. The standard InChI is InChI=1S/C18H21NO5/c1-21-14-7-5-13(6-8-14)15(19-20)9-12-10-16(22-2)18(24-4)17(11-12)23-3/h5-8,10-11,20H,9H2,1-4H3. The molecule has 0 amide bonds. The van der Waals surface area contributed by atoms with E-state index in [9.17, 15) is 5.21 Å². The monoisotopic (exact) mass is 331 g/mol. The van der Waals surface area contributed by atoms with Gasteiger partial charge in [0.15, 0.2) is 11.5 Å². The van der Waals surface area contributed by atoms with Crippen molar-refractivity contribution in [1.29, 1.82) is 0 Å². The average Bonchev–Trinajstić information content (AvgIpc) is 2.65. The molecule has 2 rings (SSSR count). The summed E-state index contributed by atoms with van der Waals surface area (Å²) in [6.07, 6.45) is 0.402. The molecule has 24 heavy (non-hydrogen) atoms. The van der Waals surface area contributed by atoms with Crippen LogP contribution in [0.25, 0.3) is 0 Å². The van der Waals surface area contributed by atoms with Gasteiger partial charge in [-0.1, -0.05) is 5.16 Å². The Morgan fingerprint density at radius 2 is 1.46 bits per heavy atom. The zero-order chi connectivity index (χ0) is 17.5. The van der Waals surface area contributed by atoms with Crippen LogP contribution in [0.5, 0.6) is 23.0 Å². The van der Waals surface area contributed by atoms with Gasteiger partial charge in [-0.2, -0.15) is 0 Å². The molecular weight excluding hydrogens is 310 g/mol. The third kappa shape index (κ3) is 3.71. The van der Waals surface area contributed by atoms with E-state index < -0.39 is 0 Å². The van der Waals surface area contributed by atoms with E-state index in [0.29, 0.717) is 29.4 Å². The minimum atomic E-state index is 0.402. The van der Waals surface area contributed by atoms with E-state index in [0.717, 1.165) is 16.9 Å². The Kier molecular flexibility index (Phi) is 5.89. The molecule has 0 atom stereocenters. The Hall–Kier alpha value is -2.89. The molecule has 1 N–H and O–H groups in total. The average molecular weight is 331 g/mol. The van der Waals surface area contributed by atoms with Crippen LogP contribution in [0.15, 0.2) is 41.6 Å². The van der Waals surface area contributed by atoms with Gasteiger partial charge in [0.1, 0.15) is 5.75 Å². The predicted molar refractivity (Wildman–Crippen MR) is 91.1 cm³/mol. The van der Waals surface area contributed by atoms with Crippen LogP contribution in [0.4, 0.5) is 0 Å². The molecule has 0 unspecified atom stereocenters. The van der Waals surface area contributed by atoms with Crippen molar-refractivity contribution in [2.75, 3.05) is 28.4 Å². The van der Waals surface area contributed by atoms with Crippen molar-refractivity contribution in [3.05, 3.63) is 47.5 Å². The fourth-order valence-electron chi connectivity index (χ4n) is 2.41. The lowest BCUT2D eigenvalue weighted by Gasteiger charge is -2.14. The first kappa shape index (κ1) is 17.5. The highest BCUT2D eigenvalue weighted by molar-refractivity contribution is 6.01. The van der Waals surface area contributed by atoms with Gasteiger partial charge in [0.25, 0.3) is 0 Å². The van der Waals surface area contributed by atoms with Crippen LogP contribution in [0.1, 0.15) is 11.1 Å². The van der Waals surface area contributed by atoms with Gasteiger partial charge in [0.05, 0.1) is 34.2 Å². The molecule has 6 heteroatoms. The maximum Gasteiger partial charge on any atom is 0.203 e. The van der Waals surface area contributed by atoms with Gasteiger partial charge in [0.2, 0.25) is 5.75 Å². The summed E-state index contributed by atoms with van der Waals surface area (Å²) >= 11 is 0. The molecule has 0 saturated heterocycles. The molecule has 0 radical (unpaired) electrons. The van der Waals surface area contributed by atoms with Crippen LogP contribution in [0, 0.1) is 0 Å². The van der Waals surface area contributed by atoms with Gasteiger partial charge < -0.3 is 24.2 Å². The highest BCUT2D eigenvalue weighted by Crippen LogP contribution is 2.38. The number of nitrogens with zero attached hydrogens (tertiary/aromatic N) is 1.